The van der Waals surface area contributed by atoms with Crippen LogP contribution in [0.25, 0.3) is 0 Å². The van der Waals surface area contributed by atoms with Crippen LogP contribution >= 0.6 is 0 Å². The zero-order valence-corrected chi connectivity index (χ0v) is 30.4. The second-order valence-corrected chi connectivity index (χ2v) is 10.5. The number of ether oxygens (including phenoxy) is 6. The third-order valence-corrected chi connectivity index (χ3v) is 6.09. The molecule has 12 nitrogen and oxygen atoms in total. The maximum Gasteiger partial charge on any atom is 1.00 e. The molecule has 0 spiro atoms. The van der Waals surface area contributed by atoms with Gasteiger partial charge in [-0.2, -0.15) is 0 Å². The SMILES string of the molecule is CCc1ccc(OCCOCCOCCCS(=O)(=O)[O-])cc1OCCOCCOCCCS(=O)(=O)[O-].[K+].[K+]. The summed E-state index contributed by atoms with van der Waals surface area (Å²) in [4.78, 5) is 0. The molecule has 0 aliphatic carbocycles. The first-order chi connectivity index (χ1) is 17.1. The van der Waals surface area contributed by atoms with Crippen molar-refractivity contribution in [3.63, 3.8) is 0 Å². The topological polar surface area (TPSA) is 170 Å². The second kappa shape index (κ2) is 25.3. The number of hydrogen-bond donors (Lipinski definition) is 0. The molecule has 38 heavy (non-hydrogen) atoms. The normalized spacial score (nSPS) is 11.4. The van der Waals surface area contributed by atoms with Crippen molar-refractivity contribution in [2.75, 3.05) is 77.6 Å². The number of rotatable bonds is 23. The van der Waals surface area contributed by atoms with E-state index in [1.54, 1.807) is 6.07 Å². The molecule has 0 saturated heterocycles. The summed E-state index contributed by atoms with van der Waals surface area (Å²) in [6.07, 6.45) is 1.11. The van der Waals surface area contributed by atoms with Crippen molar-refractivity contribution in [2.24, 2.45) is 0 Å². The van der Waals surface area contributed by atoms with E-state index in [-0.39, 0.29) is 129 Å². The predicted molar refractivity (Wildman–Crippen MR) is 128 cm³/mol. The Hall–Kier alpha value is 1.75. The number of hydrogen-bond acceptors (Lipinski definition) is 12. The van der Waals surface area contributed by atoms with Crippen molar-refractivity contribution < 1.29 is 157 Å². The molecule has 0 fully saturated rings. The summed E-state index contributed by atoms with van der Waals surface area (Å²) in [5.74, 6) is 0.460. The molecule has 0 atom stereocenters. The van der Waals surface area contributed by atoms with Crippen LogP contribution < -0.4 is 112 Å². The van der Waals surface area contributed by atoms with Crippen LogP contribution in [0, 0.1) is 0 Å². The largest absolute Gasteiger partial charge is 1.00 e. The Labute approximate surface area is 311 Å². The van der Waals surface area contributed by atoms with Crippen LogP contribution in [0.5, 0.6) is 11.5 Å². The zero-order valence-electron chi connectivity index (χ0n) is 22.6. The van der Waals surface area contributed by atoms with Gasteiger partial charge >= 0.3 is 103 Å². The van der Waals surface area contributed by atoms with E-state index in [4.69, 9.17) is 28.4 Å². The summed E-state index contributed by atoms with van der Waals surface area (Å²) in [6.45, 7) is 4.96. The molecule has 16 heteroatoms. The van der Waals surface area contributed by atoms with Gasteiger partial charge in [-0.05, 0) is 30.9 Å². The van der Waals surface area contributed by atoms with Gasteiger partial charge < -0.3 is 37.5 Å². The molecule has 0 aromatic heterocycles. The third kappa shape index (κ3) is 25.5. The van der Waals surface area contributed by atoms with Crippen molar-refractivity contribution in [1.29, 1.82) is 0 Å². The van der Waals surface area contributed by atoms with Gasteiger partial charge in [-0.25, -0.2) is 16.8 Å². The Morgan fingerprint density at radius 2 is 1.05 bits per heavy atom. The van der Waals surface area contributed by atoms with Crippen molar-refractivity contribution in [2.45, 2.75) is 26.2 Å². The van der Waals surface area contributed by atoms with Crippen LogP contribution in [0.1, 0.15) is 25.3 Å². The Morgan fingerprint density at radius 1 is 0.632 bits per heavy atom. The van der Waals surface area contributed by atoms with Gasteiger partial charge in [0, 0.05) is 30.8 Å². The molecule has 0 aliphatic heterocycles. The summed E-state index contributed by atoms with van der Waals surface area (Å²) in [6, 6.07) is 5.59. The maximum atomic E-state index is 10.5. The first-order valence-corrected chi connectivity index (χ1v) is 14.8. The van der Waals surface area contributed by atoms with E-state index >= 15 is 0 Å². The van der Waals surface area contributed by atoms with E-state index in [9.17, 15) is 25.9 Å². The Balaban J connectivity index is 0. The van der Waals surface area contributed by atoms with Gasteiger partial charge in [-0.3, -0.25) is 0 Å². The molecule has 210 valence electrons. The van der Waals surface area contributed by atoms with Gasteiger partial charge in [0.1, 0.15) is 24.7 Å². The Morgan fingerprint density at radius 3 is 1.50 bits per heavy atom. The van der Waals surface area contributed by atoms with E-state index < -0.39 is 31.7 Å². The fourth-order valence-electron chi connectivity index (χ4n) is 2.80. The molecule has 1 aromatic rings. The molecule has 0 heterocycles. The Bertz CT molecular complexity index is 930. The maximum absolute atomic E-state index is 10.5. The molecule has 0 N–H and O–H groups in total. The summed E-state index contributed by atoms with van der Waals surface area (Å²) in [5.41, 5.74) is 1.03. The van der Waals surface area contributed by atoms with E-state index in [1.165, 1.54) is 0 Å². The Kier molecular flexibility index (Phi) is 27.9. The zero-order chi connectivity index (χ0) is 26.7. The molecular weight excluding hydrogens is 599 g/mol. The molecule has 0 amide bonds. The van der Waals surface area contributed by atoms with E-state index in [0.717, 1.165) is 12.0 Å². The van der Waals surface area contributed by atoms with Gasteiger partial charge in [0.25, 0.3) is 0 Å². The van der Waals surface area contributed by atoms with E-state index in [2.05, 4.69) is 0 Å². The molecule has 0 unspecified atom stereocenters. The monoisotopic (exact) mass is 634 g/mol. The fraction of sp³-hybridized carbons (Fsp3) is 0.727. The third-order valence-electron chi connectivity index (χ3n) is 4.51. The average Bonchev–Trinajstić information content (AvgIpc) is 2.80. The standard InChI is InChI=1S/C22H38O12S2.2K/c1-2-20-5-6-21(33-15-13-31-11-9-29-7-3-17-35(23,24)25)19-22(20)34-16-14-32-12-10-30-8-4-18-36(26,27)28;;/h5-6,19H,2-4,7-18H2,1H3,(H,23,24,25)(H,26,27,28);;/q;2*+1/p-2. The van der Waals surface area contributed by atoms with Crippen LogP contribution in [0.4, 0.5) is 0 Å². The molecule has 0 saturated carbocycles. The van der Waals surface area contributed by atoms with Crippen LogP contribution in [-0.2, 0) is 45.6 Å². The van der Waals surface area contributed by atoms with Crippen LogP contribution in [0.2, 0.25) is 0 Å². The minimum absolute atomic E-state index is 0. The summed E-state index contributed by atoms with van der Waals surface area (Å²) >= 11 is 0. The fourth-order valence-corrected chi connectivity index (χ4v) is 3.74. The average molecular weight is 635 g/mol. The van der Waals surface area contributed by atoms with Crippen molar-refractivity contribution in [1.82, 2.24) is 0 Å². The van der Waals surface area contributed by atoms with Crippen LogP contribution in [0.3, 0.4) is 0 Å². The van der Waals surface area contributed by atoms with Gasteiger partial charge in [0.15, 0.2) is 0 Å². The van der Waals surface area contributed by atoms with Gasteiger partial charge in [0.05, 0.1) is 59.9 Å². The van der Waals surface area contributed by atoms with Crippen LogP contribution in [0.15, 0.2) is 18.2 Å². The number of benzene rings is 1. The quantitative estimate of drug-likeness (QED) is 0.0639. The van der Waals surface area contributed by atoms with Gasteiger partial charge in [0.2, 0.25) is 0 Å². The van der Waals surface area contributed by atoms with Gasteiger partial charge in [-0.15, -0.1) is 0 Å². The predicted octanol–water partition coefficient (Wildman–Crippen LogP) is -5.05. The number of aryl methyl sites for hydroxylation is 1. The molecule has 0 radical (unpaired) electrons. The molecule has 1 aromatic carbocycles. The second-order valence-electron chi connectivity index (χ2n) is 7.50. The first-order valence-electron chi connectivity index (χ1n) is 11.7. The minimum atomic E-state index is -4.20. The molecule has 0 bridgehead atoms. The van der Waals surface area contributed by atoms with E-state index in [0.29, 0.717) is 64.4 Å². The van der Waals surface area contributed by atoms with Crippen molar-refractivity contribution in [3.8, 4) is 11.5 Å². The van der Waals surface area contributed by atoms with E-state index in [1.807, 2.05) is 19.1 Å². The minimum Gasteiger partial charge on any atom is -0.748 e. The van der Waals surface area contributed by atoms with Crippen LogP contribution in [-0.4, -0.2) is 104 Å². The van der Waals surface area contributed by atoms with Gasteiger partial charge in [-0.1, -0.05) is 13.0 Å². The smallest absolute Gasteiger partial charge is 0.748 e. The van der Waals surface area contributed by atoms with Crippen molar-refractivity contribution >= 4 is 20.2 Å². The summed E-state index contributed by atoms with van der Waals surface area (Å²) < 4.78 is 95.6. The molecule has 1 rings (SSSR count). The molecular formula is C22H36K2O12S2. The molecule has 0 aliphatic rings. The first kappa shape index (κ1) is 41.9. The van der Waals surface area contributed by atoms with Crippen molar-refractivity contribution in [3.05, 3.63) is 23.8 Å². The summed E-state index contributed by atoms with van der Waals surface area (Å²) in [7, 11) is -8.40. The summed E-state index contributed by atoms with van der Waals surface area (Å²) in [5, 5.41) is 0.